The van der Waals surface area contributed by atoms with Crippen molar-refractivity contribution < 1.29 is 12.8 Å². The van der Waals surface area contributed by atoms with Crippen molar-refractivity contribution in [1.29, 1.82) is 0 Å². The Morgan fingerprint density at radius 2 is 1.80 bits per heavy atom. The lowest BCUT2D eigenvalue weighted by atomic mass is 10.2. The van der Waals surface area contributed by atoms with Crippen molar-refractivity contribution in [1.82, 2.24) is 19.4 Å². The van der Waals surface area contributed by atoms with Gasteiger partial charge in [0.1, 0.15) is 0 Å². The quantitative estimate of drug-likeness (QED) is 0.743. The number of benzene rings is 1. The molecule has 25 heavy (non-hydrogen) atoms. The molecule has 2 heterocycles. The molecule has 0 saturated carbocycles. The van der Waals surface area contributed by atoms with E-state index in [9.17, 15) is 8.42 Å². The van der Waals surface area contributed by atoms with E-state index in [0.29, 0.717) is 37.7 Å². The van der Waals surface area contributed by atoms with Crippen LogP contribution in [-0.4, -0.2) is 66.3 Å². The highest BCUT2D eigenvalue weighted by atomic mass is 32.2. The first-order valence-corrected chi connectivity index (χ1v) is 10.3. The molecule has 1 aliphatic heterocycles. The molecule has 1 fully saturated rings. The van der Waals surface area contributed by atoms with Gasteiger partial charge >= 0.3 is 0 Å². The van der Waals surface area contributed by atoms with Gasteiger partial charge in [-0.05, 0) is 18.6 Å². The zero-order valence-electron chi connectivity index (χ0n) is 14.5. The predicted molar refractivity (Wildman–Crippen MR) is 95.5 cm³/mol. The number of rotatable bonds is 7. The summed E-state index contributed by atoms with van der Waals surface area (Å²) in [4.78, 5) is 2.24. The van der Waals surface area contributed by atoms with Gasteiger partial charge < -0.3 is 9.32 Å². The fourth-order valence-electron chi connectivity index (χ4n) is 2.92. The summed E-state index contributed by atoms with van der Waals surface area (Å²) >= 11 is 0. The van der Waals surface area contributed by atoms with Crippen molar-refractivity contribution in [2.75, 3.05) is 38.5 Å². The molecule has 0 unspecified atom stereocenters. The lowest BCUT2D eigenvalue weighted by Gasteiger charge is -2.33. The fraction of sp³-hybridized carbons (Fsp3) is 0.529. The highest BCUT2D eigenvalue weighted by molar-refractivity contribution is 7.89. The molecule has 136 valence electrons. The number of piperazine rings is 1. The maximum atomic E-state index is 12.1. The van der Waals surface area contributed by atoms with Gasteiger partial charge in [0.15, 0.2) is 0 Å². The maximum Gasteiger partial charge on any atom is 0.247 e. The molecular weight excluding hydrogens is 340 g/mol. The monoisotopic (exact) mass is 364 g/mol. The Bertz CT molecular complexity index is 768. The van der Waals surface area contributed by atoms with E-state index in [-0.39, 0.29) is 5.75 Å². The van der Waals surface area contributed by atoms with Gasteiger partial charge in [-0.25, -0.2) is 8.42 Å². The molecule has 7 nitrogen and oxygen atoms in total. The molecule has 1 aliphatic rings. The van der Waals surface area contributed by atoms with Crippen molar-refractivity contribution in [3.63, 3.8) is 0 Å². The average molecular weight is 364 g/mol. The van der Waals surface area contributed by atoms with Crippen LogP contribution in [-0.2, 0) is 16.4 Å². The van der Waals surface area contributed by atoms with Gasteiger partial charge in [0.05, 0.1) is 5.75 Å². The SMILES string of the molecule is CCCS(=O)(=O)N1CCN(CCc2nnc(-c3ccccc3)o2)CC1. The largest absolute Gasteiger partial charge is 0.421 e. The summed E-state index contributed by atoms with van der Waals surface area (Å²) < 4.78 is 31.5. The molecule has 0 aliphatic carbocycles. The van der Waals surface area contributed by atoms with E-state index >= 15 is 0 Å². The molecule has 1 saturated heterocycles. The number of sulfonamides is 1. The zero-order valence-corrected chi connectivity index (χ0v) is 15.3. The van der Waals surface area contributed by atoms with Gasteiger partial charge in [-0.15, -0.1) is 10.2 Å². The summed E-state index contributed by atoms with van der Waals surface area (Å²) in [5, 5.41) is 8.20. The summed E-state index contributed by atoms with van der Waals surface area (Å²) in [5.74, 6) is 1.38. The van der Waals surface area contributed by atoms with Crippen LogP contribution in [0.4, 0.5) is 0 Å². The van der Waals surface area contributed by atoms with Crippen LogP contribution < -0.4 is 0 Å². The van der Waals surface area contributed by atoms with Gasteiger partial charge in [-0.1, -0.05) is 25.1 Å². The molecule has 8 heteroatoms. The van der Waals surface area contributed by atoms with Gasteiger partial charge in [0.2, 0.25) is 21.8 Å². The van der Waals surface area contributed by atoms with Crippen LogP contribution in [0, 0.1) is 0 Å². The lowest BCUT2D eigenvalue weighted by Crippen LogP contribution is -2.49. The molecule has 0 atom stereocenters. The normalized spacial score (nSPS) is 17.0. The highest BCUT2D eigenvalue weighted by Crippen LogP contribution is 2.17. The van der Waals surface area contributed by atoms with E-state index < -0.39 is 10.0 Å². The van der Waals surface area contributed by atoms with E-state index in [0.717, 1.165) is 25.2 Å². The second-order valence-electron chi connectivity index (χ2n) is 6.17. The molecule has 0 bridgehead atoms. The predicted octanol–water partition coefficient (Wildman–Crippen LogP) is 1.64. The fourth-order valence-corrected chi connectivity index (χ4v) is 4.42. The van der Waals surface area contributed by atoms with Gasteiger partial charge in [0.25, 0.3) is 0 Å². The van der Waals surface area contributed by atoms with Gasteiger partial charge in [-0.3, -0.25) is 0 Å². The summed E-state index contributed by atoms with van der Waals surface area (Å²) in [6.45, 7) is 5.27. The van der Waals surface area contributed by atoms with Crippen molar-refractivity contribution in [3.05, 3.63) is 36.2 Å². The zero-order chi connectivity index (χ0) is 17.7. The summed E-state index contributed by atoms with van der Waals surface area (Å²) in [6.07, 6.45) is 1.32. The standard InChI is InChI=1S/C17H24N4O3S/c1-2-14-25(22,23)21-12-10-20(11-13-21)9-8-16-18-19-17(24-16)15-6-4-3-5-7-15/h3-7H,2,8-14H2,1H3. The van der Waals surface area contributed by atoms with Crippen LogP contribution in [0.2, 0.25) is 0 Å². The number of hydrogen-bond donors (Lipinski definition) is 0. The minimum Gasteiger partial charge on any atom is -0.421 e. The Morgan fingerprint density at radius 3 is 2.48 bits per heavy atom. The molecule has 0 N–H and O–H groups in total. The lowest BCUT2D eigenvalue weighted by molar-refractivity contribution is 0.187. The molecule has 0 amide bonds. The van der Waals surface area contributed by atoms with Crippen LogP contribution >= 0.6 is 0 Å². The van der Waals surface area contributed by atoms with Gasteiger partial charge in [-0.2, -0.15) is 4.31 Å². The van der Waals surface area contributed by atoms with Crippen molar-refractivity contribution in [2.24, 2.45) is 0 Å². The van der Waals surface area contributed by atoms with E-state index in [4.69, 9.17) is 4.42 Å². The van der Waals surface area contributed by atoms with E-state index in [1.165, 1.54) is 0 Å². The third-order valence-electron chi connectivity index (χ3n) is 4.32. The number of hydrogen-bond acceptors (Lipinski definition) is 6. The average Bonchev–Trinajstić information content (AvgIpc) is 3.10. The number of nitrogens with zero attached hydrogens (tertiary/aromatic N) is 4. The van der Waals surface area contributed by atoms with Crippen molar-refractivity contribution in [2.45, 2.75) is 19.8 Å². The highest BCUT2D eigenvalue weighted by Gasteiger charge is 2.26. The maximum absolute atomic E-state index is 12.1. The topological polar surface area (TPSA) is 79.5 Å². The number of aromatic nitrogens is 2. The Balaban J connectivity index is 1.49. The first-order valence-electron chi connectivity index (χ1n) is 8.66. The first-order chi connectivity index (χ1) is 12.1. The van der Waals surface area contributed by atoms with Crippen molar-refractivity contribution >= 4 is 10.0 Å². The molecule has 1 aromatic carbocycles. The first kappa shape index (κ1) is 18.0. The Labute approximate surface area is 148 Å². The second kappa shape index (κ2) is 8.07. The Hall–Kier alpha value is -1.77. The van der Waals surface area contributed by atoms with Crippen LogP contribution in [0.5, 0.6) is 0 Å². The molecular formula is C17H24N4O3S. The molecule has 3 rings (SSSR count). The van der Waals surface area contributed by atoms with Crippen LogP contribution in [0.1, 0.15) is 19.2 Å². The third-order valence-corrected chi connectivity index (χ3v) is 6.39. The Morgan fingerprint density at radius 1 is 1.08 bits per heavy atom. The van der Waals surface area contributed by atoms with Crippen LogP contribution in [0.15, 0.2) is 34.7 Å². The van der Waals surface area contributed by atoms with Crippen LogP contribution in [0.25, 0.3) is 11.5 Å². The van der Waals surface area contributed by atoms with E-state index in [2.05, 4.69) is 15.1 Å². The summed E-state index contributed by atoms with van der Waals surface area (Å²) in [7, 11) is -3.09. The van der Waals surface area contributed by atoms with Gasteiger partial charge in [0, 0.05) is 44.7 Å². The van der Waals surface area contributed by atoms with E-state index in [1.807, 2.05) is 37.3 Å². The summed E-state index contributed by atoms with van der Waals surface area (Å²) in [6, 6.07) is 9.69. The molecule has 1 aromatic heterocycles. The summed E-state index contributed by atoms with van der Waals surface area (Å²) in [5.41, 5.74) is 0.913. The minimum atomic E-state index is -3.09. The second-order valence-corrected chi connectivity index (χ2v) is 8.26. The minimum absolute atomic E-state index is 0.233. The molecule has 2 aromatic rings. The smallest absolute Gasteiger partial charge is 0.247 e. The van der Waals surface area contributed by atoms with E-state index in [1.54, 1.807) is 4.31 Å². The van der Waals surface area contributed by atoms with Crippen molar-refractivity contribution in [3.8, 4) is 11.5 Å². The molecule has 0 spiro atoms. The molecule has 0 radical (unpaired) electrons. The van der Waals surface area contributed by atoms with Crippen LogP contribution in [0.3, 0.4) is 0 Å². The third kappa shape index (κ3) is 4.65. The Kier molecular flexibility index (Phi) is 5.82.